The third-order valence-corrected chi connectivity index (χ3v) is 2.88. The minimum atomic E-state index is -0.391. The van der Waals surface area contributed by atoms with Crippen LogP contribution in [0.4, 0.5) is 5.82 Å². The average molecular weight is 287 g/mol. The van der Waals surface area contributed by atoms with Crippen LogP contribution in [0.2, 0.25) is 0 Å². The van der Waals surface area contributed by atoms with Gasteiger partial charge in [0.2, 0.25) is 0 Å². The van der Waals surface area contributed by atoms with Crippen LogP contribution >= 0.6 is 15.9 Å². The second-order valence-electron chi connectivity index (χ2n) is 3.32. The molecule has 0 bridgehead atoms. The standard InChI is InChI=1S/C10H11BrN2O3/c1-15-10(14)7-4-8(11)9(12-5-7)13-2-3-16-6-13/h4-5H,2-3,6H2,1H3. The van der Waals surface area contributed by atoms with E-state index >= 15 is 0 Å². The minimum Gasteiger partial charge on any atom is -0.465 e. The van der Waals surface area contributed by atoms with Crippen molar-refractivity contribution in [1.29, 1.82) is 0 Å². The third kappa shape index (κ3) is 2.17. The monoisotopic (exact) mass is 286 g/mol. The van der Waals surface area contributed by atoms with Crippen molar-refractivity contribution >= 4 is 27.7 Å². The Hall–Kier alpha value is -1.14. The molecule has 0 spiro atoms. The first kappa shape index (κ1) is 11.3. The molecule has 16 heavy (non-hydrogen) atoms. The van der Waals surface area contributed by atoms with Crippen LogP contribution in [0.3, 0.4) is 0 Å². The van der Waals surface area contributed by atoms with Crippen LogP contribution < -0.4 is 4.90 Å². The lowest BCUT2D eigenvalue weighted by Crippen LogP contribution is -2.20. The van der Waals surface area contributed by atoms with E-state index in [4.69, 9.17) is 4.74 Å². The lowest BCUT2D eigenvalue weighted by atomic mass is 10.3. The number of hydrogen-bond acceptors (Lipinski definition) is 5. The third-order valence-electron chi connectivity index (χ3n) is 2.30. The van der Waals surface area contributed by atoms with Crippen molar-refractivity contribution in [3.05, 3.63) is 22.3 Å². The molecule has 86 valence electrons. The molecular formula is C10H11BrN2O3. The molecule has 1 saturated heterocycles. The van der Waals surface area contributed by atoms with Crippen molar-refractivity contribution in [2.45, 2.75) is 0 Å². The molecule has 6 heteroatoms. The highest BCUT2D eigenvalue weighted by Gasteiger charge is 2.18. The molecule has 0 aromatic carbocycles. The Kier molecular flexibility index (Phi) is 3.40. The highest BCUT2D eigenvalue weighted by molar-refractivity contribution is 9.10. The van der Waals surface area contributed by atoms with Gasteiger partial charge in [0, 0.05) is 12.7 Å². The van der Waals surface area contributed by atoms with Crippen molar-refractivity contribution < 1.29 is 14.3 Å². The number of rotatable bonds is 2. The summed E-state index contributed by atoms with van der Waals surface area (Å²) in [6, 6.07) is 1.70. The summed E-state index contributed by atoms with van der Waals surface area (Å²) in [5.41, 5.74) is 0.429. The molecule has 0 aliphatic carbocycles. The zero-order valence-corrected chi connectivity index (χ0v) is 10.4. The molecule has 1 aromatic heterocycles. The Morgan fingerprint density at radius 1 is 1.69 bits per heavy atom. The SMILES string of the molecule is COC(=O)c1cnc(N2CCOC2)c(Br)c1. The van der Waals surface area contributed by atoms with Crippen molar-refractivity contribution in [2.24, 2.45) is 0 Å². The van der Waals surface area contributed by atoms with Crippen LogP contribution in [0.1, 0.15) is 10.4 Å². The molecule has 2 rings (SSSR count). The number of pyridine rings is 1. The fraction of sp³-hybridized carbons (Fsp3) is 0.400. The van der Waals surface area contributed by atoms with E-state index in [0.717, 1.165) is 16.8 Å². The molecule has 0 amide bonds. The maximum atomic E-state index is 11.3. The van der Waals surface area contributed by atoms with Gasteiger partial charge >= 0.3 is 5.97 Å². The maximum absolute atomic E-state index is 11.3. The van der Waals surface area contributed by atoms with E-state index in [-0.39, 0.29) is 0 Å². The molecule has 0 atom stereocenters. The summed E-state index contributed by atoms with van der Waals surface area (Å²) in [6.07, 6.45) is 1.50. The number of hydrogen-bond donors (Lipinski definition) is 0. The number of carbonyl (C=O) groups excluding carboxylic acids is 1. The summed E-state index contributed by atoms with van der Waals surface area (Å²) in [7, 11) is 1.35. The van der Waals surface area contributed by atoms with E-state index in [0.29, 0.717) is 18.9 Å². The molecule has 5 nitrogen and oxygen atoms in total. The number of aromatic nitrogens is 1. The van der Waals surface area contributed by atoms with Gasteiger partial charge in [0.1, 0.15) is 12.5 Å². The maximum Gasteiger partial charge on any atom is 0.339 e. The smallest absolute Gasteiger partial charge is 0.339 e. The first-order valence-electron chi connectivity index (χ1n) is 4.79. The quantitative estimate of drug-likeness (QED) is 0.770. The number of methoxy groups -OCH3 is 1. The predicted octanol–water partition coefficient (Wildman–Crippen LogP) is 1.42. The molecule has 0 saturated carbocycles. The zero-order valence-electron chi connectivity index (χ0n) is 8.77. The van der Waals surface area contributed by atoms with E-state index in [1.165, 1.54) is 13.3 Å². The average Bonchev–Trinajstić information content (AvgIpc) is 2.81. The van der Waals surface area contributed by atoms with Gasteiger partial charge in [0.05, 0.1) is 23.8 Å². The van der Waals surface area contributed by atoms with Gasteiger partial charge < -0.3 is 14.4 Å². The second kappa shape index (κ2) is 4.80. The summed E-state index contributed by atoms with van der Waals surface area (Å²) in [6.45, 7) is 2.04. The summed E-state index contributed by atoms with van der Waals surface area (Å²) in [5.74, 6) is 0.391. The Bertz CT molecular complexity index is 405. The van der Waals surface area contributed by atoms with Gasteiger partial charge in [-0.15, -0.1) is 0 Å². The predicted molar refractivity (Wildman–Crippen MR) is 61.4 cm³/mol. The highest BCUT2D eigenvalue weighted by atomic mass is 79.9. The Morgan fingerprint density at radius 2 is 2.50 bits per heavy atom. The minimum absolute atomic E-state index is 0.391. The van der Waals surface area contributed by atoms with Gasteiger partial charge in [0.25, 0.3) is 0 Å². The number of carbonyl (C=O) groups is 1. The number of nitrogens with zero attached hydrogens (tertiary/aromatic N) is 2. The van der Waals surface area contributed by atoms with Gasteiger partial charge in [-0.05, 0) is 22.0 Å². The van der Waals surface area contributed by atoms with Gasteiger partial charge in [-0.1, -0.05) is 0 Å². The second-order valence-corrected chi connectivity index (χ2v) is 4.18. The van der Waals surface area contributed by atoms with E-state index < -0.39 is 5.97 Å². The summed E-state index contributed by atoms with van der Waals surface area (Å²) in [5, 5.41) is 0. The topological polar surface area (TPSA) is 51.7 Å². The lowest BCUT2D eigenvalue weighted by Gasteiger charge is -2.16. The Labute approximate surface area is 101 Å². The molecule has 0 unspecified atom stereocenters. The van der Waals surface area contributed by atoms with Crippen LogP contribution in [-0.4, -0.2) is 37.9 Å². The fourth-order valence-electron chi connectivity index (χ4n) is 1.47. The van der Waals surface area contributed by atoms with Crippen LogP contribution in [0.5, 0.6) is 0 Å². The van der Waals surface area contributed by atoms with E-state index in [1.54, 1.807) is 6.07 Å². The fourth-order valence-corrected chi connectivity index (χ4v) is 2.07. The van der Waals surface area contributed by atoms with E-state index in [9.17, 15) is 4.79 Å². The lowest BCUT2D eigenvalue weighted by molar-refractivity contribution is 0.0600. The van der Waals surface area contributed by atoms with Gasteiger partial charge in [-0.2, -0.15) is 0 Å². The largest absolute Gasteiger partial charge is 0.465 e. The molecule has 0 N–H and O–H groups in total. The Morgan fingerprint density at radius 3 is 3.06 bits per heavy atom. The van der Waals surface area contributed by atoms with Crippen molar-refractivity contribution in [2.75, 3.05) is 31.9 Å². The molecule has 0 radical (unpaired) electrons. The molecule has 1 aliphatic heterocycles. The van der Waals surface area contributed by atoms with E-state index in [1.807, 2.05) is 4.90 Å². The summed E-state index contributed by atoms with van der Waals surface area (Å²) in [4.78, 5) is 17.5. The molecule has 1 fully saturated rings. The zero-order chi connectivity index (χ0) is 11.5. The molecule has 1 aliphatic rings. The number of ether oxygens (including phenoxy) is 2. The Balaban J connectivity index is 2.25. The van der Waals surface area contributed by atoms with Gasteiger partial charge in [-0.25, -0.2) is 9.78 Å². The number of anilines is 1. The van der Waals surface area contributed by atoms with Crippen LogP contribution in [-0.2, 0) is 9.47 Å². The van der Waals surface area contributed by atoms with Crippen molar-refractivity contribution in [3.8, 4) is 0 Å². The van der Waals surface area contributed by atoms with Crippen molar-refractivity contribution in [3.63, 3.8) is 0 Å². The van der Waals surface area contributed by atoms with Crippen molar-refractivity contribution in [1.82, 2.24) is 4.98 Å². The van der Waals surface area contributed by atoms with Crippen LogP contribution in [0.15, 0.2) is 16.7 Å². The molecular weight excluding hydrogens is 276 g/mol. The summed E-state index contributed by atoms with van der Waals surface area (Å²) < 4.78 is 10.6. The van der Waals surface area contributed by atoms with Crippen LogP contribution in [0.25, 0.3) is 0 Å². The number of esters is 1. The molecule has 1 aromatic rings. The first-order chi connectivity index (χ1) is 7.72. The summed E-state index contributed by atoms with van der Waals surface area (Å²) >= 11 is 3.39. The van der Waals surface area contributed by atoms with Gasteiger partial charge in [0.15, 0.2) is 0 Å². The molecule has 2 heterocycles. The normalized spacial score (nSPS) is 15.2. The first-order valence-corrected chi connectivity index (χ1v) is 5.58. The number of halogens is 1. The van der Waals surface area contributed by atoms with Gasteiger partial charge in [-0.3, -0.25) is 0 Å². The van der Waals surface area contributed by atoms with E-state index in [2.05, 4.69) is 25.7 Å². The highest BCUT2D eigenvalue weighted by Crippen LogP contribution is 2.26. The van der Waals surface area contributed by atoms with Crippen LogP contribution in [0, 0.1) is 0 Å².